The summed E-state index contributed by atoms with van der Waals surface area (Å²) in [7, 11) is 0. The number of aromatic nitrogens is 2. The van der Waals surface area contributed by atoms with Crippen LogP contribution in [0.3, 0.4) is 0 Å². The molecule has 106 valence electrons. The molecule has 4 nitrogen and oxygen atoms in total. The van der Waals surface area contributed by atoms with Crippen LogP contribution in [0.5, 0.6) is 11.6 Å². The Bertz CT molecular complexity index is 538. The van der Waals surface area contributed by atoms with Crippen molar-refractivity contribution in [3.05, 3.63) is 47.7 Å². The van der Waals surface area contributed by atoms with Crippen LogP contribution >= 0.6 is 0 Å². The number of nitrogens with zero attached hydrogens (tertiary/aromatic N) is 2. The van der Waals surface area contributed by atoms with E-state index < -0.39 is 0 Å². The van der Waals surface area contributed by atoms with Gasteiger partial charge in [0.15, 0.2) is 0 Å². The van der Waals surface area contributed by atoms with Crippen LogP contribution in [-0.4, -0.2) is 16.2 Å². The maximum Gasteiger partial charge on any atom is 0.238 e. The standard InChI is InChI=1S/C16H21N3O/c1-4-13-6-5-7-15(10-13)20-16-9-8-14(18-19-16)11-17-12(2)3/h5-10,12,17H,4,11H2,1-3H3. The van der Waals surface area contributed by atoms with Crippen LogP contribution in [-0.2, 0) is 13.0 Å². The second kappa shape index (κ2) is 7.01. The van der Waals surface area contributed by atoms with Crippen LogP contribution < -0.4 is 10.1 Å². The minimum Gasteiger partial charge on any atom is -0.438 e. The van der Waals surface area contributed by atoms with Crippen molar-refractivity contribution in [3.63, 3.8) is 0 Å². The van der Waals surface area contributed by atoms with E-state index in [4.69, 9.17) is 4.74 Å². The summed E-state index contributed by atoms with van der Waals surface area (Å²) in [5.74, 6) is 1.32. The molecule has 20 heavy (non-hydrogen) atoms. The molecule has 1 aromatic heterocycles. The molecule has 1 aromatic carbocycles. The number of nitrogens with one attached hydrogen (secondary N) is 1. The van der Waals surface area contributed by atoms with E-state index in [1.54, 1.807) is 0 Å². The highest BCUT2D eigenvalue weighted by molar-refractivity contribution is 5.31. The average Bonchev–Trinajstić information content (AvgIpc) is 2.47. The molecule has 0 aliphatic carbocycles. The molecule has 4 heteroatoms. The molecule has 0 saturated carbocycles. The van der Waals surface area contributed by atoms with Crippen molar-refractivity contribution in [1.82, 2.24) is 15.5 Å². The maximum absolute atomic E-state index is 5.71. The SMILES string of the molecule is CCc1cccc(Oc2ccc(CNC(C)C)nn2)c1. The zero-order valence-electron chi connectivity index (χ0n) is 12.3. The summed E-state index contributed by atoms with van der Waals surface area (Å²) >= 11 is 0. The zero-order chi connectivity index (χ0) is 14.4. The van der Waals surface area contributed by atoms with Gasteiger partial charge in [0, 0.05) is 18.7 Å². The molecular weight excluding hydrogens is 250 g/mol. The molecule has 2 rings (SSSR count). The summed E-state index contributed by atoms with van der Waals surface area (Å²) in [6.45, 7) is 7.04. The first-order chi connectivity index (χ1) is 9.67. The highest BCUT2D eigenvalue weighted by Gasteiger charge is 2.02. The van der Waals surface area contributed by atoms with Gasteiger partial charge in [0.1, 0.15) is 5.75 Å². The lowest BCUT2D eigenvalue weighted by Crippen LogP contribution is -2.22. The van der Waals surface area contributed by atoms with Gasteiger partial charge in [0.25, 0.3) is 0 Å². The Morgan fingerprint density at radius 3 is 2.65 bits per heavy atom. The van der Waals surface area contributed by atoms with Crippen LogP contribution in [0.2, 0.25) is 0 Å². The fraction of sp³-hybridized carbons (Fsp3) is 0.375. The van der Waals surface area contributed by atoms with E-state index in [1.165, 1.54) is 5.56 Å². The van der Waals surface area contributed by atoms with Gasteiger partial charge in [0.2, 0.25) is 5.88 Å². The van der Waals surface area contributed by atoms with Crippen molar-refractivity contribution in [3.8, 4) is 11.6 Å². The molecule has 1 N–H and O–H groups in total. The molecule has 0 radical (unpaired) electrons. The van der Waals surface area contributed by atoms with Crippen molar-refractivity contribution in [1.29, 1.82) is 0 Å². The van der Waals surface area contributed by atoms with Gasteiger partial charge < -0.3 is 10.1 Å². The first kappa shape index (κ1) is 14.5. The minimum absolute atomic E-state index is 0.435. The third-order valence-corrected chi connectivity index (χ3v) is 2.92. The van der Waals surface area contributed by atoms with Gasteiger partial charge in [-0.25, -0.2) is 0 Å². The van der Waals surface area contributed by atoms with Crippen LogP contribution in [0.4, 0.5) is 0 Å². The lowest BCUT2D eigenvalue weighted by atomic mass is 10.2. The van der Waals surface area contributed by atoms with E-state index in [0.29, 0.717) is 11.9 Å². The lowest BCUT2D eigenvalue weighted by Gasteiger charge is -2.08. The third kappa shape index (κ3) is 4.31. The van der Waals surface area contributed by atoms with Gasteiger partial charge in [-0.2, -0.15) is 5.10 Å². The fourth-order valence-corrected chi connectivity index (χ4v) is 1.75. The van der Waals surface area contributed by atoms with Crippen molar-refractivity contribution in [2.45, 2.75) is 39.8 Å². The van der Waals surface area contributed by atoms with Gasteiger partial charge in [-0.15, -0.1) is 5.10 Å². The molecule has 2 aromatic rings. The molecule has 0 aliphatic rings. The molecule has 0 unspecified atom stereocenters. The number of hydrogen-bond donors (Lipinski definition) is 1. The van der Waals surface area contributed by atoms with Crippen molar-refractivity contribution in [2.24, 2.45) is 0 Å². The minimum atomic E-state index is 0.435. The van der Waals surface area contributed by atoms with Crippen molar-refractivity contribution < 1.29 is 4.74 Å². The first-order valence-electron chi connectivity index (χ1n) is 7.00. The quantitative estimate of drug-likeness (QED) is 0.875. The molecule has 0 aliphatic heterocycles. The summed E-state index contributed by atoms with van der Waals surface area (Å²) in [6, 6.07) is 12.2. The van der Waals surface area contributed by atoms with E-state index >= 15 is 0 Å². The van der Waals surface area contributed by atoms with Gasteiger partial charge >= 0.3 is 0 Å². The normalized spacial score (nSPS) is 10.8. The number of rotatable bonds is 6. The number of hydrogen-bond acceptors (Lipinski definition) is 4. The fourth-order valence-electron chi connectivity index (χ4n) is 1.75. The highest BCUT2D eigenvalue weighted by atomic mass is 16.5. The lowest BCUT2D eigenvalue weighted by molar-refractivity contribution is 0.452. The van der Waals surface area contributed by atoms with Gasteiger partial charge in [0.05, 0.1) is 5.69 Å². The van der Waals surface area contributed by atoms with Crippen LogP contribution in [0.1, 0.15) is 32.0 Å². The van der Waals surface area contributed by atoms with Crippen LogP contribution in [0.25, 0.3) is 0 Å². The van der Waals surface area contributed by atoms with E-state index in [9.17, 15) is 0 Å². The van der Waals surface area contributed by atoms with Gasteiger partial charge in [-0.3, -0.25) is 0 Å². The van der Waals surface area contributed by atoms with E-state index in [1.807, 2.05) is 30.3 Å². The predicted molar refractivity (Wildman–Crippen MR) is 79.9 cm³/mol. The van der Waals surface area contributed by atoms with Crippen LogP contribution in [0, 0.1) is 0 Å². The Morgan fingerprint density at radius 2 is 2.00 bits per heavy atom. The first-order valence-corrected chi connectivity index (χ1v) is 7.00. The molecule has 1 heterocycles. The molecule has 0 amide bonds. The highest BCUT2D eigenvalue weighted by Crippen LogP contribution is 2.20. The molecule has 0 spiro atoms. The monoisotopic (exact) mass is 271 g/mol. The molecule has 0 saturated heterocycles. The largest absolute Gasteiger partial charge is 0.438 e. The van der Waals surface area contributed by atoms with Crippen LogP contribution in [0.15, 0.2) is 36.4 Å². The molecular formula is C16H21N3O. The average molecular weight is 271 g/mol. The summed E-state index contributed by atoms with van der Waals surface area (Å²) in [5, 5.41) is 11.5. The summed E-state index contributed by atoms with van der Waals surface area (Å²) < 4.78 is 5.71. The maximum atomic E-state index is 5.71. The van der Waals surface area contributed by atoms with Gasteiger partial charge in [-0.1, -0.05) is 32.9 Å². The second-order valence-corrected chi connectivity index (χ2v) is 5.00. The molecule has 0 atom stereocenters. The zero-order valence-corrected chi connectivity index (χ0v) is 12.3. The smallest absolute Gasteiger partial charge is 0.238 e. The van der Waals surface area contributed by atoms with E-state index in [0.717, 1.165) is 24.4 Å². The van der Waals surface area contributed by atoms with Gasteiger partial charge in [-0.05, 0) is 30.2 Å². The Labute approximate surface area is 120 Å². The Balaban J connectivity index is 1.99. The number of benzene rings is 1. The van der Waals surface area contributed by atoms with Crippen molar-refractivity contribution in [2.75, 3.05) is 0 Å². The second-order valence-electron chi connectivity index (χ2n) is 5.00. The van der Waals surface area contributed by atoms with E-state index in [2.05, 4.69) is 42.4 Å². The van der Waals surface area contributed by atoms with Crippen molar-refractivity contribution >= 4 is 0 Å². The Morgan fingerprint density at radius 1 is 1.15 bits per heavy atom. The molecule has 0 bridgehead atoms. The Kier molecular flexibility index (Phi) is 5.07. The molecule has 0 fully saturated rings. The summed E-state index contributed by atoms with van der Waals surface area (Å²) in [4.78, 5) is 0. The number of ether oxygens (including phenoxy) is 1. The summed E-state index contributed by atoms with van der Waals surface area (Å²) in [5.41, 5.74) is 2.15. The predicted octanol–water partition coefficient (Wildman–Crippen LogP) is 3.33. The third-order valence-electron chi connectivity index (χ3n) is 2.92. The van der Waals surface area contributed by atoms with E-state index in [-0.39, 0.29) is 0 Å². The number of aryl methyl sites for hydroxylation is 1. The summed E-state index contributed by atoms with van der Waals surface area (Å²) in [6.07, 6.45) is 0.989. The Hall–Kier alpha value is -1.94. The topological polar surface area (TPSA) is 47.0 Å².